The highest BCUT2D eigenvalue weighted by atomic mass is 16.4. The molecule has 88 valence electrons. The van der Waals surface area contributed by atoms with E-state index in [2.05, 4.69) is 10.00 Å². The predicted molar refractivity (Wildman–Crippen MR) is 59.0 cm³/mol. The van der Waals surface area contributed by atoms with E-state index in [-0.39, 0.29) is 5.92 Å². The second kappa shape index (κ2) is 4.25. The van der Waals surface area contributed by atoms with Gasteiger partial charge < -0.3 is 5.11 Å². The molecule has 2 heterocycles. The van der Waals surface area contributed by atoms with E-state index < -0.39 is 5.97 Å². The third-order valence-electron chi connectivity index (χ3n) is 3.11. The van der Waals surface area contributed by atoms with Crippen molar-refractivity contribution in [3.8, 4) is 0 Å². The van der Waals surface area contributed by atoms with Gasteiger partial charge in [-0.15, -0.1) is 0 Å². The molecule has 2 rings (SSSR count). The van der Waals surface area contributed by atoms with Crippen molar-refractivity contribution < 1.29 is 9.90 Å². The Labute approximate surface area is 94.7 Å². The molecule has 1 aliphatic heterocycles. The maximum atomic E-state index is 10.8. The molecule has 0 spiro atoms. The number of aromatic nitrogens is 2. The highest BCUT2D eigenvalue weighted by Gasteiger charge is 2.28. The van der Waals surface area contributed by atoms with Crippen LogP contribution in [0, 0.1) is 12.8 Å². The fraction of sp³-hybridized carbons (Fsp3) is 0.636. The minimum atomic E-state index is -0.677. The average molecular weight is 223 g/mol. The van der Waals surface area contributed by atoms with E-state index in [9.17, 15) is 4.79 Å². The van der Waals surface area contributed by atoms with Gasteiger partial charge in [0.2, 0.25) is 0 Å². The Bertz CT molecular complexity index is 400. The summed E-state index contributed by atoms with van der Waals surface area (Å²) in [4.78, 5) is 13.0. The first kappa shape index (κ1) is 11.1. The number of hydrogen-bond acceptors (Lipinski definition) is 3. The van der Waals surface area contributed by atoms with Gasteiger partial charge in [0.05, 0.1) is 17.3 Å². The van der Waals surface area contributed by atoms with Crippen LogP contribution < -0.4 is 0 Å². The normalized spacial score (nSPS) is 21.5. The second-order valence-corrected chi connectivity index (χ2v) is 4.46. The molecule has 0 aliphatic carbocycles. The summed E-state index contributed by atoms with van der Waals surface area (Å²) in [7, 11) is 1.92. The molecule has 1 fully saturated rings. The molecular weight excluding hydrogens is 206 g/mol. The van der Waals surface area contributed by atoms with Gasteiger partial charge in [0.1, 0.15) is 0 Å². The van der Waals surface area contributed by atoms with Crippen molar-refractivity contribution in [2.24, 2.45) is 13.0 Å². The summed E-state index contributed by atoms with van der Waals surface area (Å²) in [6.45, 7) is 4.27. The molecule has 1 aromatic rings. The van der Waals surface area contributed by atoms with Gasteiger partial charge in [0, 0.05) is 20.1 Å². The van der Waals surface area contributed by atoms with Crippen molar-refractivity contribution in [3.05, 3.63) is 17.5 Å². The van der Waals surface area contributed by atoms with Crippen molar-refractivity contribution in [2.75, 3.05) is 13.1 Å². The first-order valence-electron chi connectivity index (χ1n) is 5.51. The lowest BCUT2D eigenvalue weighted by Crippen LogP contribution is -2.23. The predicted octanol–water partition coefficient (Wildman–Crippen LogP) is 0.635. The number of carboxylic acid groups (broad SMARTS) is 1. The van der Waals surface area contributed by atoms with Gasteiger partial charge in [0.25, 0.3) is 0 Å². The van der Waals surface area contributed by atoms with Crippen LogP contribution in [0.3, 0.4) is 0 Å². The first-order valence-corrected chi connectivity index (χ1v) is 5.51. The summed E-state index contributed by atoms with van der Waals surface area (Å²) in [6.07, 6.45) is 0.756. The maximum absolute atomic E-state index is 10.8. The summed E-state index contributed by atoms with van der Waals surface area (Å²) < 4.78 is 1.86. The van der Waals surface area contributed by atoms with Gasteiger partial charge in [-0.05, 0) is 26.0 Å². The molecule has 1 N–H and O–H groups in total. The molecule has 0 saturated carbocycles. The smallest absolute Gasteiger partial charge is 0.307 e. The topological polar surface area (TPSA) is 58.4 Å². The van der Waals surface area contributed by atoms with Gasteiger partial charge in [0.15, 0.2) is 0 Å². The van der Waals surface area contributed by atoms with Crippen LogP contribution in [0.5, 0.6) is 0 Å². The van der Waals surface area contributed by atoms with Crippen molar-refractivity contribution in [3.63, 3.8) is 0 Å². The van der Waals surface area contributed by atoms with Crippen LogP contribution in [0.1, 0.15) is 17.8 Å². The molecule has 0 amide bonds. The van der Waals surface area contributed by atoms with E-state index in [0.717, 1.165) is 30.9 Å². The van der Waals surface area contributed by atoms with Crippen LogP contribution in [0.4, 0.5) is 0 Å². The molecular formula is C11H17N3O2. The third kappa shape index (κ3) is 2.24. The highest BCUT2D eigenvalue weighted by Crippen LogP contribution is 2.18. The van der Waals surface area contributed by atoms with Crippen LogP contribution in [-0.4, -0.2) is 38.8 Å². The Balaban J connectivity index is 1.97. The zero-order chi connectivity index (χ0) is 11.7. The molecule has 0 aromatic carbocycles. The van der Waals surface area contributed by atoms with Gasteiger partial charge in [-0.1, -0.05) is 0 Å². The summed E-state index contributed by atoms with van der Waals surface area (Å²) in [6, 6.07) is 2.05. The summed E-state index contributed by atoms with van der Waals surface area (Å²) in [5.74, 6) is -0.877. The average Bonchev–Trinajstić information content (AvgIpc) is 2.75. The van der Waals surface area contributed by atoms with Crippen LogP contribution in [0.2, 0.25) is 0 Å². The number of likely N-dealkylation sites (tertiary alicyclic amines) is 1. The number of aryl methyl sites for hydroxylation is 2. The Morgan fingerprint density at radius 2 is 2.44 bits per heavy atom. The second-order valence-electron chi connectivity index (χ2n) is 4.46. The Kier molecular flexibility index (Phi) is 2.96. The molecule has 0 bridgehead atoms. The van der Waals surface area contributed by atoms with Crippen molar-refractivity contribution >= 4 is 5.97 Å². The van der Waals surface area contributed by atoms with E-state index in [1.165, 1.54) is 0 Å². The minimum absolute atomic E-state index is 0.200. The molecule has 1 aliphatic rings. The van der Waals surface area contributed by atoms with Gasteiger partial charge in [-0.2, -0.15) is 5.10 Å². The third-order valence-corrected chi connectivity index (χ3v) is 3.11. The van der Waals surface area contributed by atoms with Gasteiger partial charge in [-0.3, -0.25) is 14.4 Å². The van der Waals surface area contributed by atoms with Crippen LogP contribution in [-0.2, 0) is 18.4 Å². The Morgan fingerprint density at radius 1 is 1.69 bits per heavy atom. The quantitative estimate of drug-likeness (QED) is 0.816. The maximum Gasteiger partial charge on any atom is 0.307 e. The molecule has 1 atom stereocenters. The molecule has 0 radical (unpaired) electrons. The number of aliphatic carboxylic acids is 1. The van der Waals surface area contributed by atoms with E-state index in [1.54, 1.807) is 0 Å². The van der Waals surface area contributed by atoms with Gasteiger partial charge >= 0.3 is 5.97 Å². The van der Waals surface area contributed by atoms with Gasteiger partial charge in [-0.25, -0.2) is 0 Å². The molecule has 1 unspecified atom stereocenters. The molecule has 5 nitrogen and oxygen atoms in total. The Hall–Kier alpha value is -1.36. The van der Waals surface area contributed by atoms with E-state index in [1.807, 2.05) is 24.7 Å². The molecule has 16 heavy (non-hydrogen) atoms. The zero-order valence-corrected chi connectivity index (χ0v) is 9.68. The van der Waals surface area contributed by atoms with Crippen molar-refractivity contribution in [1.82, 2.24) is 14.7 Å². The zero-order valence-electron chi connectivity index (χ0n) is 9.68. The van der Waals surface area contributed by atoms with Crippen molar-refractivity contribution in [1.29, 1.82) is 0 Å². The fourth-order valence-corrected chi connectivity index (χ4v) is 2.22. The standard InChI is InChI=1S/C11H17N3O2/c1-8-5-10(13(2)12-8)7-14-4-3-9(6-14)11(15)16/h5,9H,3-4,6-7H2,1-2H3,(H,15,16). The lowest BCUT2D eigenvalue weighted by molar-refractivity contribution is -0.141. The summed E-state index contributed by atoms with van der Waals surface area (Å²) in [5.41, 5.74) is 2.15. The summed E-state index contributed by atoms with van der Waals surface area (Å²) in [5, 5.41) is 13.2. The monoisotopic (exact) mass is 223 g/mol. The number of carboxylic acids is 1. The fourth-order valence-electron chi connectivity index (χ4n) is 2.22. The van der Waals surface area contributed by atoms with E-state index in [4.69, 9.17) is 5.11 Å². The van der Waals surface area contributed by atoms with Crippen molar-refractivity contribution in [2.45, 2.75) is 19.9 Å². The van der Waals surface area contributed by atoms with Crippen LogP contribution >= 0.6 is 0 Å². The molecule has 5 heteroatoms. The first-order chi connectivity index (χ1) is 7.56. The number of hydrogen-bond donors (Lipinski definition) is 1. The number of rotatable bonds is 3. The SMILES string of the molecule is Cc1cc(CN2CCC(C(=O)O)C2)n(C)n1. The largest absolute Gasteiger partial charge is 0.481 e. The van der Waals surface area contributed by atoms with E-state index >= 15 is 0 Å². The van der Waals surface area contributed by atoms with Crippen LogP contribution in [0.25, 0.3) is 0 Å². The Morgan fingerprint density at radius 3 is 2.94 bits per heavy atom. The van der Waals surface area contributed by atoms with Crippen LogP contribution in [0.15, 0.2) is 6.07 Å². The minimum Gasteiger partial charge on any atom is -0.481 e. The summed E-state index contributed by atoms with van der Waals surface area (Å²) >= 11 is 0. The highest BCUT2D eigenvalue weighted by molar-refractivity contribution is 5.70. The van der Waals surface area contributed by atoms with E-state index in [0.29, 0.717) is 6.54 Å². The lowest BCUT2D eigenvalue weighted by Gasteiger charge is -2.14. The number of carbonyl (C=O) groups is 1. The lowest BCUT2D eigenvalue weighted by atomic mass is 10.1. The molecule has 1 aromatic heterocycles. The number of nitrogens with zero attached hydrogens (tertiary/aromatic N) is 3. The molecule has 1 saturated heterocycles.